The number of carbonyl (C=O) groups is 2. The monoisotopic (exact) mass is 390 g/mol. The van der Waals surface area contributed by atoms with Gasteiger partial charge in [0.2, 0.25) is 0 Å². The normalized spacial score (nSPS) is 21.1. The van der Waals surface area contributed by atoms with Gasteiger partial charge in [-0.05, 0) is 51.0 Å². The average molecular weight is 390 g/mol. The van der Waals surface area contributed by atoms with E-state index in [9.17, 15) is 19.7 Å². The van der Waals surface area contributed by atoms with Crippen molar-refractivity contribution in [1.82, 2.24) is 10.2 Å². The first-order valence-corrected chi connectivity index (χ1v) is 9.52. The van der Waals surface area contributed by atoms with Crippen LogP contribution >= 0.6 is 0 Å². The van der Waals surface area contributed by atoms with Crippen molar-refractivity contribution in [2.45, 2.75) is 51.6 Å². The summed E-state index contributed by atoms with van der Waals surface area (Å²) >= 11 is 0. The van der Waals surface area contributed by atoms with Gasteiger partial charge in [0.25, 0.3) is 5.69 Å². The quantitative estimate of drug-likeness (QED) is 0.463. The van der Waals surface area contributed by atoms with E-state index in [1.54, 1.807) is 19.9 Å². The van der Waals surface area contributed by atoms with Crippen LogP contribution in [0.1, 0.15) is 36.8 Å². The van der Waals surface area contributed by atoms with E-state index in [0.717, 1.165) is 24.9 Å². The number of benzene rings is 1. The molecule has 1 aromatic rings. The fraction of sp³-hybridized carbons (Fsp3) is 0.579. The van der Waals surface area contributed by atoms with Crippen molar-refractivity contribution in [1.29, 1.82) is 0 Å². The third-order valence-corrected chi connectivity index (χ3v) is 5.57. The minimum absolute atomic E-state index is 0.0280. The number of anilines is 1. The zero-order valence-corrected chi connectivity index (χ0v) is 16.1. The minimum Gasteiger partial charge on any atom is -0.480 e. The molecule has 0 spiro atoms. The molecule has 0 saturated heterocycles. The molecule has 2 saturated carbocycles. The largest absolute Gasteiger partial charge is 0.480 e. The number of urea groups is 1. The molecule has 0 heterocycles. The molecule has 0 unspecified atom stereocenters. The Morgan fingerprint density at radius 1 is 1.29 bits per heavy atom. The van der Waals surface area contributed by atoms with Crippen molar-refractivity contribution in [2.24, 2.45) is 5.92 Å². The maximum Gasteiger partial charge on any atom is 0.319 e. The Labute approximate surface area is 163 Å². The Bertz CT molecular complexity index is 787. The Morgan fingerprint density at radius 3 is 2.54 bits per heavy atom. The first-order chi connectivity index (χ1) is 13.2. The third-order valence-electron chi connectivity index (χ3n) is 5.57. The van der Waals surface area contributed by atoms with Crippen molar-refractivity contribution < 1.29 is 19.6 Å². The summed E-state index contributed by atoms with van der Waals surface area (Å²) in [5.41, 5.74) is 1.59. The number of carboxylic acid groups (broad SMARTS) is 1. The number of nitrogens with zero attached hydrogens (tertiary/aromatic N) is 2. The standard InChI is InChI=1S/C19H26N4O5/c1-11-3-6-16(23(27)28)12(2)18(11)21-19(26)20-14-7-15(8-14)22(10-17(24)25)9-13-4-5-13/h3,6,13-15H,4-5,7-10H2,1-2H3,(H,24,25)(H2,20,21,26). The smallest absolute Gasteiger partial charge is 0.319 e. The van der Waals surface area contributed by atoms with Gasteiger partial charge in [0.05, 0.1) is 22.7 Å². The molecule has 3 N–H and O–H groups in total. The molecule has 0 radical (unpaired) electrons. The lowest BCUT2D eigenvalue weighted by Crippen LogP contribution is -2.55. The summed E-state index contributed by atoms with van der Waals surface area (Å²) in [5, 5.41) is 25.8. The highest BCUT2D eigenvalue weighted by Gasteiger charge is 2.37. The molecule has 28 heavy (non-hydrogen) atoms. The SMILES string of the molecule is Cc1ccc([N+](=O)[O-])c(C)c1NC(=O)NC1CC(N(CC(=O)O)CC2CC2)C1. The fourth-order valence-corrected chi connectivity index (χ4v) is 3.71. The number of carboxylic acids is 1. The number of nitrogens with one attached hydrogen (secondary N) is 2. The van der Waals surface area contributed by atoms with Crippen molar-refractivity contribution in [3.05, 3.63) is 33.4 Å². The molecule has 0 aliphatic heterocycles. The lowest BCUT2D eigenvalue weighted by atomic mass is 9.85. The number of carbonyl (C=O) groups excluding carboxylic acids is 1. The van der Waals surface area contributed by atoms with Gasteiger partial charge in [0.1, 0.15) is 0 Å². The predicted molar refractivity (Wildman–Crippen MR) is 103 cm³/mol. The van der Waals surface area contributed by atoms with Gasteiger partial charge in [-0.1, -0.05) is 6.07 Å². The molecule has 9 nitrogen and oxygen atoms in total. The van der Waals surface area contributed by atoms with E-state index >= 15 is 0 Å². The van der Waals surface area contributed by atoms with E-state index in [4.69, 9.17) is 5.11 Å². The van der Waals surface area contributed by atoms with Gasteiger partial charge >= 0.3 is 12.0 Å². The summed E-state index contributed by atoms with van der Waals surface area (Å²) in [5.74, 6) is -0.221. The molecule has 0 atom stereocenters. The van der Waals surface area contributed by atoms with Crippen LogP contribution in [0, 0.1) is 29.9 Å². The second-order valence-corrected chi connectivity index (χ2v) is 7.85. The first kappa shape index (κ1) is 20.1. The van der Waals surface area contributed by atoms with Crippen LogP contribution in [-0.2, 0) is 4.79 Å². The van der Waals surface area contributed by atoms with E-state index in [1.807, 2.05) is 4.90 Å². The van der Waals surface area contributed by atoms with Crippen molar-refractivity contribution in [3.63, 3.8) is 0 Å². The number of nitro groups is 1. The number of aryl methyl sites for hydroxylation is 1. The lowest BCUT2D eigenvalue weighted by molar-refractivity contribution is -0.385. The summed E-state index contributed by atoms with van der Waals surface area (Å²) in [6.07, 6.45) is 3.74. The molecule has 2 aliphatic carbocycles. The summed E-state index contributed by atoms with van der Waals surface area (Å²) < 4.78 is 0. The van der Waals surface area contributed by atoms with E-state index in [1.165, 1.54) is 6.07 Å². The van der Waals surface area contributed by atoms with Crippen LogP contribution in [0.4, 0.5) is 16.2 Å². The Kier molecular flexibility index (Phi) is 5.83. The van der Waals surface area contributed by atoms with Gasteiger partial charge in [0, 0.05) is 24.7 Å². The van der Waals surface area contributed by atoms with Crippen molar-refractivity contribution in [3.8, 4) is 0 Å². The summed E-state index contributed by atoms with van der Waals surface area (Å²) in [4.78, 5) is 36.1. The molecule has 9 heteroatoms. The van der Waals surface area contributed by atoms with Gasteiger partial charge in [-0.3, -0.25) is 19.8 Å². The maximum atomic E-state index is 12.3. The van der Waals surface area contributed by atoms with Crippen LogP contribution in [0.15, 0.2) is 12.1 Å². The van der Waals surface area contributed by atoms with Gasteiger partial charge in [-0.15, -0.1) is 0 Å². The highest BCUT2D eigenvalue weighted by atomic mass is 16.6. The van der Waals surface area contributed by atoms with Gasteiger partial charge in [0.15, 0.2) is 0 Å². The summed E-state index contributed by atoms with van der Waals surface area (Å²) in [6, 6.07) is 2.79. The van der Waals surface area contributed by atoms with E-state index in [-0.39, 0.29) is 24.3 Å². The van der Waals surface area contributed by atoms with Crippen LogP contribution in [0.25, 0.3) is 0 Å². The maximum absolute atomic E-state index is 12.3. The molecule has 2 amide bonds. The molecule has 3 rings (SSSR count). The molecule has 2 aliphatic rings. The Morgan fingerprint density at radius 2 is 1.96 bits per heavy atom. The van der Waals surface area contributed by atoms with E-state index in [2.05, 4.69) is 10.6 Å². The summed E-state index contributed by atoms with van der Waals surface area (Å²) in [6.45, 7) is 4.24. The second-order valence-electron chi connectivity index (χ2n) is 7.85. The highest BCUT2D eigenvalue weighted by Crippen LogP contribution is 2.34. The molecule has 2 fully saturated rings. The molecule has 0 bridgehead atoms. The minimum atomic E-state index is -0.827. The zero-order chi connectivity index (χ0) is 20.4. The third kappa shape index (κ3) is 4.78. The van der Waals surface area contributed by atoms with E-state index < -0.39 is 16.9 Å². The molecule has 0 aromatic heterocycles. The number of nitro benzene ring substituents is 1. The van der Waals surface area contributed by atoms with Crippen LogP contribution in [-0.4, -0.2) is 52.1 Å². The van der Waals surface area contributed by atoms with Gasteiger partial charge < -0.3 is 15.7 Å². The number of rotatable bonds is 8. The topological polar surface area (TPSA) is 125 Å². The molecular formula is C19H26N4O5. The molecular weight excluding hydrogens is 364 g/mol. The zero-order valence-electron chi connectivity index (χ0n) is 16.1. The van der Waals surface area contributed by atoms with Crippen molar-refractivity contribution in [2.75, 3.05) is 18.4 Å². The number of amides is 2. The van der Waals surface area contributed by atoms with Crippen LogP contribution in [0.2, 0.25) is 0 Å². The molecule has 152 valence electrons. The first-order valence-electron chi connectivity index (χ1n) is 9.52. The van der Waals surface area contributed by atoms with Crippen LogP contribution in [0.3, 0.4) is 0 Å². The Balaban J connectivity index is 1.53. The molecule has 1 aromatic carbocycles. The Hall–Kier alpha value is -2.68. The lowest BCUT2D eigenvalue weighted by Gasteiger charge is -2.42. The highest BCUT2D eigenvalue weighted by molar-refractivity contribution is 5.92. The fourth-order valence-electron chi connectivity index (χ4n) is 3.71. The predicted octanol–water partition coefficient (Wildman–Crippen LogP) is 2.66. The van der Waals surface area contributed by atoms with Gasteiger partial charge in [-0.25, -0.2) is 4.79 Å². The van der Waals surface area contributed by atoms with Gasteiger partial charge in [-0.2, -0.15) is 0 Å². The summed E-state index contributed by atoms with van der Waals surface area (Å²) in [7, 11) is 0. The second kappa shape index (κ2) is 8.14. The number of hydrogen-bond acceptors (Lipinski definition) is 5. The van der Waals surface area contributed by atoms with Crippen molar-refractivity contribution >= 4 is 23.4 Å². The van der Waals surface area contributed by atoms with E-state index in [0.29, 0.717) is 30.0 Å². The number of hydrogen-bond donors (Lipinski definition) is 3. The van der Waals surface area contributed by atoms with Crippen LogP contribution < -0.4 is 10.6 Å². The van der Waals surface area contributed by atoms with Crippen LogP contribution in [0.5, 0.6) is 0 Å². The average Bonchev–Trinajstić information content (AvgIpc) is 3.37. The number of aliphatic carboxylic acids is 1.